The molecule has 0 unspecified atom stereocenters. The number of aryl methyl sites for hydroxylation is 1. The van der Waals surface area contributed by atoms with Crippen LogP contribution in [-0.4, -0.2) is 28.7 Å². The SMILES string of the molecule is COc1ccc(NC(=O)c2c(C)nn(-c3ccc(F)cc3)c2C)cc1NC(C)=O. The Morgan fingerprint density at radius 3 is 2.38 bits per heavy atom. The number of hydrogen-bond donors (Lipinski definition) is 2. The molecule has 2 N–H and O–H groups in total. The summed E-state index contributed by atoms with van der Waals surface area (Å²) in [4.78, 5) is 24.3. The second-order valence-corrected chi connectivity index (χ2v) is 6.48. The molecule has 0 spiro atoms. The minimum absolute atomic E-state index is 0.251. The van der Waals surface area contributed by atoms with E-state index in [-0.39, 0.29) is 17.6 Å². The highest BCUT2D eigenvalue weighted by molar-refractivity contribution is 6.06. The number of anilines is 2. The lowest BCUT2D eigenvalue weighted by Gasteiger charge is -2.12. The molecular weight excluding hydrogens is 375 g/mol. The molecule has 0 aliphatic carbocycles. The summed E-state index contributed by atoms with van der Waals surface area (Å²) < 4.78 is 20.0. The summed E-state index contributed by atoms with van der Waals surface area (Å²) in [5.41, 5.74) is 3.19. The number of carbonyl (C=O) groups excluding carboxylic acids is 2. The Labute approximate surface area is 167 Å². The van der Waals surface area contributed by atoms with Gasteiger partial charge in [0.15, 0.2) is 0 Å². The van der Waals surface area contributed by atoms with Crippen molar-refractivity contribution >= 4 is 23.2 Å². The molecule has 0 saturated carbocycles. The number of halogens is 1. The van der Waals surface area contributed by atoms with Gasteiger partial charge in [-0.25, -0.2) is 9.07 Å². The molecular formula is C21H21FN4O3. The molecule has 0 atom stereocenters. The molecule has 7 nitrogen and oxygen atoms in total. The van der Waals surface area contributed by atoms with Gasteiger partial charge in [-0.1, -0.05) is 0 Å². The van der Waals surface area contributed by atoms with Crippen LogP contribution in [0.15, 0.2) is 42.5 Å². The van der Waals surface area contributed by atoms with Crippen molar-refractivity contribution in [1.82, 2.24) is 9.78 Å². The van der Waals surface area contributed by atoms with Gasteiger partial charge in [-0.3, -0.25) is 9.59 Å². The van der Waals surface area contributed by atoms with E-state index in [4.69, 9.17) is 4.74 Å². The lowest BCUT2D eigenvalue weighted by molar-refractivity contribution is -0.114. The lowest BCUT2D eigenvalue weighted by Crippen LogP contribution is -2.15. The molecule has 1 aromatic heterocycles. The largest absolute Gasteiger partial charge is 0.495 e. The number of rotatable bonds is 5. The number of methoxy groups -OCH3 is 1. The second-order valence-electron chi connectivity index (χ2n) is 6.48. The van der Waals surface area contributed by atoms with Crippen LogP contribution >= 0.6 is 0 Å². The summed E-state index contributed by atoms with van der Waals surface area (Å²) in [6.07, 6.45) is 0. The van der Waals surface area contributed by atoms with Crippen molar-refractivity contribution in [2.24, 2.45) is 0 Å². The van der Waals surface area contributed by atoms with E-state index in [1.54, 1.807) is 48.9 Å². The van der Waals surface area contributed by atoms with E-state index in [0.29, 0.717) is 39.8 Å². The van der Waals surface area contributed by atoms with Crippen LogP contribution in [0.1, 0.15) is 28.7 Å². The molecule has 0 aliphatic heterocycles. The average Bonchev–Trinajstić information content (AvgIpc) is 2.96. The molecule has 0 radical (unpaired) electrons. The van der Waals surface area contributed by atoms with Crippen LogP contribution in [0.25, 0.3) is 5.69 Å². The third kappa shape index (κ3) is 4.26. The first kappa shape index (κ1) is 20.1. The molecule has 150 valence electrons. The third-order valence-corrected chi connectivity index (χ3v) is 4.36. The highest BCUT2D eigenvalue weighted by Gasteiger charge is 2.20. The first-order chi connectivity index (χ1) is 13.8. The van der Waals surface area contributed by atoms with Gasteiger partial charge in [-0.2, -0.15) is 5.10 Å². The van der Waals surface area contributed by atoms with Gasteiger partial charge >= 0.3 is 0 Å². The fourth-order valence-corrected chi connectivity index (χ4v) is 3.07. The molecule has 0 aliphatic rings. The van der Waals surface area contributed by atoms with Crippen molar-refractivity contribution < 1.29 is 18.7 Å². The van der Waals surface area contributed by atoms with E-state index >= 15 is 0 Å². The summed E-state index contributed by atoms with van der Waals surface area (Å²) in [5, 5.41) is 9.90. The first-order valence-electron chi connectivity index (χ1n) is 8.89. The molecule has 3 aromatic rings. The quantitative estimate of drug-likeness (QED) is 0.686. The number of aromatic nitrogens is 2. The van der Waals surface area contributed by atoms with Gasteiger partial charge in [-0.05, 0) is 56.3 Å². The van der Waals surface area contributed by atoms with E-state index in [1.165, 1.54) is 26.2 Å². The molecule has 2 amide bonds. The number of amides is 2. The van der Waals surface area contributed by atoms with E-state index in [0.717, 1.165) is 0 Å². The van der Waals surface area contributed by atoms with Crippen molar-refractivity contribution in [3.05, 3.63) is 65.2 Å². The van der Waals surface area contributed by atoms with Gasteiger partial charge in [0.1, 0.15) is 11.6 Å². The zero-order valence-electron chi connectivity index (χ0n) is 16.5. The lowest BCUT2D eigenvalue weighted by atomic mass is 10.1. The van der Waals surface area contributed by atoms with Crippen molar-refractivity contribution in [2.75, 3.05) is 17.7 Å². The van der Waals surface area contributed by atoms with Crippen LogP contribution < -0.4 is 15.4 Å². The molecule has 2 aromatic carbocycles. The number of nitrogens with one attached hydrogen (secondary N) is 2. The van der Waals surface area contributed by atoms with Crippen molar-refractivity contribution in [2.45, 2.75) is 20.8 Å². The Balaban J connectivity index is 1.90. The minimum atomic E-state index is -0.345. The maximum Gasteiger partial charge on any atom is 0.259 e. The fourth-order valence-electron chi connectivity index (χ4n) is 3.07. The molecule has 1 heterocycles. The summed E-state index contributed by atoms with van der Waals surface area (Å²) in [6, 6.07) is 10.8. The smallest absolute Gasteiger partial charge is 0.259 e. The Morgan fingerprint density at radius 2 is 1.76 bits per heavy atom. The highest BCUT2D eigenvalue weighted by atomic mass is 19.1. The summed E-state index contributed by atoms with van der Waals surface area (Å²) in [6.45, 7) is 4.90. The molecule has 0 saturated heterocycles. The second kappa shape index (κ2) is 8.14. The molecule has 29 heavy (non-hydrogen) atoms. The number of ether oxygens (including phenoxy) is 1. The highest BCUT2D eigenvalue weighted by Crippen LogP contribution is 2.28. The van der Waals surface area contributed by atoms with Crippen LogP contribution in [-0.2, 0) is 4.79 Å². The van der Waals surface area contributed by atoms with E-state index in [1.807, 2.05) is 0 Å². The van der Waals surface area contributed by atoms with Crippen molar-refractivity contribution in [3.8, 4) is 11.4 Å². The maximum absolute atomic E-state index is 13.2. The fraction of sp³-hybridized carbons (Fsp3) is 0.190. The van der Waals surface area contributed by atoms with Crippen LogP contribution in [0.3, 0.4) is 0 Å². The number of nitrogens with zero attached hydrogens (tertiary/aromatic N) is 2. The van der Waals surface area contributed by atoms with Gasteiger partial charge in [0.25, 0.3) is 5.91 Å². The van der Waals surface area contributed by atoms with Gasteiger partial charge in [-0.15, -0.1) is 0 Å². The van der Waals surface area contributed by atoms with E-state index in [9.17, 15) is 14.0 Å². The summed E-state index contributed by atoms with van der Waals surface area (Å²) >= 11 is 0. The van der Waals surface area contributed by atoms with Crippen LogP contribution in [0, 0.1) is 19.7 Å². The predicted octanol–water partition coefficient (Wildman–Crippen LogP) is 3.85. The van der Waals surface area contributed by atoms with Gasteiger partial charge in [0, 0.05) is 12.6 Å². The minimum Gasteiger partial charge on any atom is -0.495 e. The van der Waals surface area contributed by atoms with Gasteiger partial charge in [0.2, 0.25) is 5.91 Å². The normalized spacial score (nSPS) is 10.5. The van der Waals surface area contributed by atoms with E-state index in [2.05, 4.69) is 15.7 Å². The van der Waals surface area contributed by atoms with Crippen molar-refractivity contribution in [3.63, 3.8) is 0 Å². The van der Waals surface area contributed by atoms with Gasteiger partial charge in [0.05, 0.1) is 35.4 Å². The zero-order chi connectivity index (χ0) is 21.1. The van der Waals surface area contributed by atoms with Crippen LogP contribution in [0.2, 0.25) is 0 Å². The molecule has 0 fully saturated rings. The molecule has 8 heteroatoms. The molecule has 3 rings (SSSR count). The number of hydrogen-bond acceptors (Lipinski definition) is 4. The third-order valence-electron chi connectivity index (χ3n) is 4.36. The first-order valence-corrected chi connectivity index (χ1v) is 8.89. The van der Waals surface area contributed by atoms with Crippen LogP contribution in [0.5, 0.6) is 5.75 Å². The van der Waals surface area contributed by atoms with Crippen LogP contribution in [0.4, 0.5) is 15.8 Å². The summed E-state index contributed by atoms with van der Waals surface area (Å²) in [7, 11) is 1.50. The zero-order valence-corrected chi connectivity index (χ0v) is 16.5. The Hall–Kier alpha value is -3.68. The number of carbonyl (C=O) groups is 2. The maximum atomic E-state index is 13.2. The Morgan fingerprint density at radius 1 is 1.07 bits per heavy atom. The topological polar surface area (TPSA) is 85.2 Å². The van der Waals surface area contributed by atoms with Gasteiger partial charge < -0.3 is 15.4 Å². The van der Waals surface area contributed by atoms with E-state index < -0.39 is 0 Å². The Bertz CT molecular complexity index is 1070. The predicted molar refractivity (Wildman–Crippen MR) is 108 cm³/mol. The standard InChI is InChI=1S/C21H21FN4O3/c1-12-20(13(2)26(25-12)17-8-5-15(22)6-9-17)21(28)24-16-7-10-19(29-4)18(11-16)23-14(3)27/h5-11H,1-4H3,(H,23,27)(H,24,28). The average molecular weight is 396 g/mol. The van der Waals surface area contributed by atoms with Crippen molar-refractivity contribution in [1.29, 1.82) is 0 Å². The Kier molecular flexibility index (Phi) is 5.63. The molecule has 0 bridgehead atoms. The number of benzene rings is 2. The monoisotopic (exact) mass is 396 g/mol. The summed E-state index contributed by atoms with van der Waals surface area (Å²) in [5.74, 6) is -0.455.